The third-order valence-electron chi connectivity index (χ3n) is 2.91. The summed E-state index contributed by atoms with van der Waals surface area (Å²) in [6, 6.07) is 5.14. The van der Waals surface area contributed by atoms with Crippen LogP contribution in [0.5, 0.6) is 0 Å². The highest BCUT2D eigenvalue weighted by molar-refractivity contribution is 5.48. The van der Waals surface area contributed by atoms with E-state index in [0.29, 0.717) is 23.9 Å². The van der Waals surface area contributed by atoms with Gasteiger partial charge in [-0.05, 0) is 25.1 Å². The summed E-state index contributed by atoms with van der Waals surface area (Å²) in [7, 11) is 0. The molecule has 2 N–H and O–H groups in total. The maximum atomic E-state index is 13.6. The van der Waals surface area contributed by atoms with Gasteiger partial charge in [-0.3, -0.25) is 0 Å². The van der Waals surface area contributed by atoms with Crippen molar-refractivity contribution in [1.29, 1.82) is 0 Å². The molecule has 0 radical (unpaired) electrons. The molecule has 4 nitrogen and oxygen atoms in total. The van der Waals surface area contributed by atoms with Crippen LogP contribution in [0.1, 0.15) is 25.2 Å². The lowest BCUT2D eigenvalue weighted by atomic mass is 10.2. The van der Waals surface area contributed by atoms with Gasteiger partial charge in [-0.15, -0.1) is 0 Å². The van der Waals surface area contributed by atoms with Crippen molar-refractivity contribution in [3.63, 3.8) is 0 Å². The standard InChI is InChI=1S/C15H18F2N4/c1-3-13-20-14(18-4-2)8-15(21-13)19-9-10-7-11(16)5-6-12(10)17/h5-8H,3-4,9H2,1-2H3,(H2,18,19,20,21). The summed E-state index contributed by atoms with van der Waals surface area (Å²) in [4.78, 5) is 8.65. The average Bonchev–Trinajstić information content (AvgIpc) is 2.48. The molecule has 0 amide bonds. The molecule has 2 aromatic rings. The number of nitrogens with zero attached hydrogens (tertiary/aromatic N) is 2. The molecule has 112 valence electrons. The lowest BCUT2D eigenvalue weighted by Crippen LogP contribution is -2.08. The number of anilines is 2. The Morgan fingerprint density at radius 2 is 1.71 bits per heavy atom. The van der Waals surface area contributed by atoms with Gasteiger partial charge in [0.05, 0.1) is 0 Å². The lowest BCUT2D eigenvalue weighted by molar-refractivity contribution is 0.587. The fourth-order valence-corrected chi connectivity index (χ4v) is 1.88. The van der Waals surface area contributed by atoms with Gasteiger partial charge in [0.15, 0.2) is 0 Å². The molecule has 0 saturated carbocycles. The normalized spacial score (nSPS) is 10.5. The molecule has 0 bridgehead atoms. The van der Waals surface area contributed by atoms with Gasteiger partial charge >= 0.3 is 0 Å². The quantitative estimate of drug-likeness (QED) is 0.857. The summed E-state index contributed by atoms with van der Waals surface area (Å²) < 4.78 is 26.7. The van der Waals surface area contributed by atoms with Gasteiger partial charge in [0.2, 0.25) is 0 Å². The first-order chi connectivity index (χ1) is 10.1. The summed E-state index contributed by atoms with van der Waals surface area (Å²) in [6.45, 7) is 4.84. The molecule has 0 fully saturated rings. The number of halogens is 2. The minimum atomic E-state index is -0.460. The van der Waals surface area contributed by atoms with Crippen molar-refractivity contribution in [2.24, 2.45) is 0 Å². The Labute approximate surface area is 122 Å². The Kier molecular flexibility index (Phi) is 5.03. The van der Waals surface area contributed by atoms with Gasteiger partial charge in [-0.25, -0.2) is 18.7 Å². The first-order valence-corrected chi connectivity index (χ1v) is 6.92. The van der Waals surface area contributed by atoms with E-state index in [1.54, 1.807) is 6.07 Å². The van der Waals surface area contributed by atoms with Crippen molar-refractivity contribution in [2.45, 2.75) is 26.8 Å². The summed E-state index contributed by atoms with van der Waals surface area (Å²) in [5, 5.41) is 6.12. The SMILES string of the molecule is CCNc1cc(NCc2cc(F)ccc2F)nc(CC)n1. The van der Waals surface area contributed by atoms with Crippen molar-refractivity contribution in [3.8, 4) is 0 Å². The monoisotopic (exact) mass is 292 g/mol. The van der Waals surface area contributed by atoms with Crippen LogP contribution >= 0.6 is 0 Å². The van der Waals surface area contributed by atoms with E-state index in [1.165, 1.54) is 6.07 Å². The molecule has 0 spiro atoms. The smallest absolute Gasteiger partial charge is 0.132 e. The predicted molar refractivity (Wildman–Crippen MR) is 79.3 cm³/mol. The van der Waals surface area contributed by atoms with Crippen molar-refractivity contribution in [3.05, 3.63) is 47.3 Å². The van der Waals surface area contributed by atoms with Gasteiger partial charge in [0.1, 0.15) is 29.1 Å². The Morgan fingerprint density at radius 1 is 1.00 bits per heavy atom. The Balaban J connectivity index is 2.15. The fraction of sp³-hybridized carbons (Fsp3) is 0.333. The number of nitrogens with one attached hydrogen (secondary N) is 2. The molecular formula is C15H18F2N4. The summed E-state index contributed by atoms with van der Waals surface area (Å²) in [6.07, 6.45) is 0.697. The molecule has 0 aliphatic rings. The van der Waals surface area contributed by atoms with E-state index in [4.69, 9.17) is 0 Å². The zero-order chi connectivity index (χ0) is 15.2. The maximum Gasteiger partial charge on any atom is 0.132 e. The first-order valence-electron chi connectivity index (χ1n) is 6.92. The second-order valence-corrected chi connectivity index (χ2v) is 4.53. The van der Waals surface area contributed by atoms with Crippen LogP contribution in [0.4, 0.5) is 20.4 Å². The van der Waals surface area contributed by atoms with Gasteiger partial charge in [0.25, 0.3) is 0 Å². The topological polar surface area (TPSA) is 49.8 Å². The van der Waals surface area contributed by atoms with Crippen molar-refractivity contribution in [1.82, 2.24) is 9.97 Å². The third kappa shape index (κ3) is 4.11. The minimum absolute atomic E-state index is 0.162. The molecule has 0 aliphatic heterocycles. The van der Waals surface area contributed by atoms with Gasteiger partial charge in [-0.2, -0.15) is 0 Å². The number of hydrogen-bond acceptors (Lipinski definition) is 4. The van der Waals surface area contributed by atoms with Crippen LogP contribution in [-0.4, -0.2) is 16.5 Å². The van der Waals surface area contributed by atoms with E-state index in [1.807, 2.05) is 13.8 Å². The zero-order valence-corrected chi connectivity index (χ0v) is 12.1. The fourth-order valence-electron chi connectivity index (χ4n) is 1.88. The second-order valence-electron chi connectivity index (χ2n) is 4.53. The molecule has 0 unspecified atom stereocenters. The average molecular weight is 292 g/mol. The largest absolute Gasteiger partial charge is 0.370 e. The van der Waals surface area contributed by atoms with E-state index in [2.05, 4.69) is 20.6 Å². The summed E-state index contributed by atoms with van der Waals surface area (Å²) in [5.41, 5.74) is 0.261. The van der Waals surface area contributed by atoms with Gasteiger partial charge in [-0.1, -0.05) is 6.92 Å². The maximum absolute atomic E-state index is 13.6. The summed E-state index contributed by atoms with van der Waals surface area (Å²) in [5.74, 6) is 1.09. The Bertz CT molecular complexity index is 617. The van der Waals surface area contributed by atoms with E-state index in [9.17, 15) is 8.78 Å². The molecule has 0 saturated heterocycles. The molecule has 21 heavy (non-hydrogen) atoms. The summed E-state index contributed by atoms with van der Waals surface area (Å²) >= 11 is 0. The van der Waals surface area contributed by atoms with E-state index < -0.39 is 11.6 Å². The van der Waals surface area contributed by atoms with Crippen LogP contribution in [0.15, 0.2) is 24.3 Å². The Morgan fingerprint density at radius 3 is 2.38 bits per heavy atom. The highest BCUT2D eigenvalue weighted by Gasteiger charge is 2.06. The van der Waals surface area contributed by atoms with Gasteiger partial charge < -0.3 is 10.6 Å². The van der Waals surface area contributed by atoms with E-state index in [0.717, 1.165) is 18.7 Å². The number of rotatable bonds is 6. The number of aryl methyl sites for hydroxylation is 1. The Hall–Kier alpha value is -2.24. The van der Waals surface area contributed by atoms with Crippen LogP contribution in [0.25, 0.3) is 0 Å². The molecule has 6 heteroatoms. The van der Waals surface area contributed by atoms with E-state index >= 15 is 0 Å². The number of aromatic nitrogens is 2. The van der Waals surface area contributed by atoms with Crippen molar-refractivity contribution < 1.29 is 8.78 Å². The van der Waals surface area contributed by atoms with Crippen LogP contribution in [-0.2, 0) is 13.0 Å². The van der Waals surface area contributed by atoms with Crippen molar-refractivity contribution >= 4 is 11.6 Å². The lowest BCUT2D eigenvalue weighted by Gasteiger charge is -2.10. The predicted octanol–water partition coefficient (Wildman–Crippen LogP) is 3.36. The number of hydrogen-bond donors (Lipinski definition) is 2. The molecule has 2 rings (SSSR count). The van der Waals surface area contributed by atoms with Crippen LogP contribution in [0, 0.1) is 11.6 Å². The van der Waals surface area contributed by atoms with Crippen LogP contribution < -0.4 is 10.6 Å². The molecular weight excluding hydrogens is 274 g/mol. The molecule has 0 atom stereocenters. The first kappa shape index (κ1) is 15.2. The number of benzene rings is 1. The van der Waals surface area contributed by atoms with E-state index in [-0.39, 0.29) is 12.1 Å². The molecule has 1 aromatic heterocycles. The zero-order valence-electron chi connectivity index (χ0n) is 12.1. The minimum Gasteiger partial charge on any atom is -0.370 e. The van der Waals surface area contributed by atoms with Crippen LogP contribution in [0.3, 0.4) is 0 Å². The van der Waals surface area contributed by atoms with Gasteiger partial charge in [0, 0.05) is 31.1 Å². The van der Waals surface area contributed by atoms with Crippen molar-refractivity contribution in [2.75, 3.05) is 17.2 Å². The second kappa shape index (κ2) is 6.97. The highest BCUT2D eigenvalue weighted by atomic mass is 19.1. The molecule has 0 aliphatic carbocycles. The highest BCUT2D eigenvalue weighted by Crippen LogP contribution is 2.15. The molecule has 1 aromatic carbocycles. The third-order valence-corrected chi connectivity index (χ3v) is 2.91. The molecule has 1 heterocycles. The van der Waals surface area contributed by atoms with Crippen LogP contribution in [0.2, 0.25) is 0 Å².